The van der Waals surface area contributed by atoms with Crippen molar-refractivity contribution in [1.82, 2.24) is 0 Å². The molecule has 0 aromatic carbocycles. The van der Waals surface area contributed by atoms with Crippen molar-refractivity contribution in [2.45, 2.75) is 71.7 Å². The molecule has 1 aromatic heterocycles. The molecule has 35 heavy (non-hydrogen) atoms. The van der Waals surface area contributed by atoms with Crippen LogP contribution >= 0.6 is 0 Å². The summed E-state index contributed by atoms with van der Waals surface area (Å²) in [6.07, 6.45) is 2.31. The van der Waals surface area contributed by atoms with Crippen LogP contribution in [0.3, 0.4) is 0 Å². The van der Waals surface area contributed by atoms with Gasteiger partial charge in [0.1, 0.15) is 11.9 Å². The molecule has 1 aromatic rings. The molecule has 5 rings (SSSR count). The van der Waals surface area contributed by atoms with Crippen LogP contribution in [0.2, 0.25) is 0 Å². The zero-order chi connectivity index (χ0) is 25.5. The quantitative estimate of drug-likeness (QED) is 0.623. The normalized spacial score (nSPS) is 45.1. The first-order chi connectivity index (χ1) is 16.4. The number of carbonyl (C=O) groups is 3. The maximum absolute atomic E-state index is 13.9. The van der Waals surface area contributed by atoms with Gasteiger partial charge in [-0.15, -0.1) is 0 Å². The Hall–Kier alpha value is -2.19. The van der Waals surface area contributed by atoms with Crippen molar-refractivity contribution in [3.63, 3.8) is 0 Å². The molecule has 3 aliphatic carbocycles. The zero-order valence-corrected chi connectivity index (χ0v) is 21.0. The Labute approximate surface area is 205 Å². The number of cyclic esters (lactones) is 1. The smallest absolute Gasteiger partial charge is 0.335 e. The third-order valence-electron chi connectivity index (χ3n) is 10.5. The molecule has 2 heterocycles. The average molecular weight is 489 g/mol. The molecule has 2 bridgehead atoms. The molecule has 3 saturated carbocycles. The predicted octanol–water partition coefficient (Wildman–Crippen LogP) is 3.06. The number of carbonyl (C=O) groups excluding carboxylic acids is 3. The number of esters is 2. The summed E-state index contributed by atoms with van der Waals surface area (Å²) < 4.78 is 16.0. The van der Waals surface area contributed by atoms with E-state index in [1.54, 1.807) is 12.5 Å². The lowest BCUT2D eigenvalue weighted by atomic mass is 9.37. The van der Waals surface area contributed by atoms with Crippen molar-refractivity contribution < 1.29 is 38.5 Å². The number of aliphatic hydroxyl groups is 2. The first-order valence-corrected chi connectivity index (χ1v) is 12.6. The summed E-state index contributed by atoms with van der Waals surface area (Å²) in [5.74, 6) is -2.86. The van der Waals surface area contributed by atoms with Gasteiger partial charge in [-0.1, -0.05) is 27.7 Å². The van der Waals surface area contributed by atoms with Crippen molar-refractivity contribution >= 4 is 17.7 Å². The van der Waals surface area contributed by atoms with Gasteiger partial charge in [0.15, 0.2) is 6.10 Å². The second-order valence-corrected chi connectivity index (χ2v) is 12.3. The number of rotatable bonds is 3. The highest BCUT2D eigenvalue weighted by atomic mass is 16.5. The lowest BCUT2D eigenvalue weighted by Gasteiger charge is -2.67. The molecule has 4 fully saturated rings. The third kappa shape index (κ3) is 3.14. The van der Waals surface area contributed by atoms with Gasteiger partial charge in [0, 0.05) is 34.7 Å². The number of aliphatic hydroxyl groups excluding tert-OH is 2. The van der Waals surface area contributed by atoms with Gasteiger partial charge in [-0.05, 0) is 48.5 Å². The summed E-state index contributed by atoms with van der Waals surface area (Å²) in [6.45, 7) is 7.66. The molecule has 192 valence electrons. The Bertz CT molecular complexity index is 1030. The minimum absolute atomic E-state index is 0.0400. The molecule has 8 heteroatoms. The van der Waals surface area contributed by atoms with Crippen molar-refractivity contribution in [2.75, 3.05) is 7.11 Å². The number of ketones is 1. The van der Waals surface area contributed by atoms with Crippen LogP contribution in [-0.4, -0.2) is 47.3 Å². The van der Waals surface area contributed by atoms with Gasteiger partial charge < -0.3 is 24.1 Å². The van der Waals surface area contributed by atoms with Crippen LogP contribution in [0.25, 0.3) is 0 Å². The van der Waals surface area contributed by atoms with E-state index in [1.807, 2.05) is 26.8 Å². The van der Waals surface area contributed by atoms with Gasteiger partial charge in [-0.2, -0.15) is 0 Å². The largest absolute Gasteiger partial charge is 0.472 e. The van der Waals surface area contributed by atoms with Crippen molar-refractivity contribution in [3.8, 4) is 0 Å². The topological polar surface area (TPSA) is 123 Å². The number of Topliss-reactive ketones (excluding diaryl/α,β-unsaturated/α-hetero) is 1. The zero-order valence-electron chi connectivity index (χ0n) is 21.0. The van der Waals surface area contributed by atoms with Gasteiger partial charge >= 0.3 is 11.9 Å². The first kappa shape index (κ1) is 24.5. The maximum Gasteiger partial charge on any atom is 0.335 e. The number of methoxy groups -OCH3 is 1. The first-order valence-electron chi connectivity index (χ1n) is 12.6. The summed E-state index contributed by atoms with van der Waals surface area (Å²) in [5, 5.41) is 22.6. The minimum Gasteiger partial charge on any atom is -0.472 e. The molecule has 2 N–H and O–H groups in total. The molecule has 10 unspecified atom stereocenters. The number of hydrogen-bond acceptors (Lipinski definition) is 8. The van der Waals surface area contributed by atoms with Crippen molar-refractivity contribution in [1.29, 1.82) is 0 Å². The summed E-state index contributed by atoms with van der Waals surface area (Å²) in [5.41, 5.74) is -1.47. The Balaban J connectivity index is 1.61. The fourth-order valence-corrected chi connectivity index (χ4v) is 8.89. The maximum atomic E-state index is 13.9. The second kappa shape index (κ2) is 7.90. The second-order valence-electron chi connectivity index (χ2n) is 12.3. The van der Waals surface area contributed by atoms with E-state index >= 15 is 0 Å². The van der Waals surface area contributed by atoms with Gasteiger partial charge in [0.25, 0.3) is 0 Å². The van der Waals surface area contributed by atoms with Crippen LogP contribution in [0.15, 0.2) is 23.0 Å². The summed E-state index contributed by atoms with van der Waals surface area (Å²) >= 11 is 0. The molecule has 0 radical (unpaired) electrons. The molecular formula is C27H36O8. The molecule has 0 spiro atoms. The fraction of sp³-hybridized carbons (Fsp3) is 0.741. The van der Waals surface area contributed by atoms with E-state index in [9.17, 15) is 24.6 Å². The molecular weight excluding hydrogens is 452 g/mol. The SMILES string of the molecule is COC(=O)C(O)C1C(C)(C)C(O)C2CC3C4CC(=O)OC(c5ccoc5)C4(C)CCC3C1(C)C2=O. The lowest BCUT2D eigenvalue weighted by Crippen LogP contribution is -2.71. The van der Waals surface area contributed by atoms with E-state index in [4.69, 9.17) is 13.9 Å². The van der Waals surface area contributed by atoms with E-state index < -0.39 is 46.9 Å². The Morgan fingerprint density at radius 3 is 2.54 bits per heavy atom. The van der Waals surface area contributed by atoms with Crippen LogP contribution in [0.1, 0.15) is 65.0 Å². The number of hydrogen-bond donors (Lipinski definition) is 2. The monoisotopic (exact) mass is 488 g/mol. The van der Waals surface area contributed by atoms with Crippen LogP contribution in [0.4, 0.5) is 0 Å². The van der Waals surface area contributed by atoms with Gasteiger partial charge in [-0.25, -0.2) is 4.79 Å². The Morgan fingerprint density at radius 1 is 1.20 bits per heavy atom. The highest BCUT2D eigenvalue weighted by Gasteiger charge is 2.71. The van der Waals surface area contributed by atoms with E-state index in [2.05, 4.69) is 6.92 Å². The minimum atomic E-state index is -1.54. The molecule has 10 atom stereocenters. The number of fused-ring (bicyclic) bond motifs is 6. The fourth-order valence-electron chi connectivity index (χ4n) is 8.89. The van der Waals surface area contributed by atoms with E-state index in [1.165, 1.54) is 7.11 Å². The van der Waals surface area contributed by atoms with Crippen molar-refractivity contribution in [2.24, 2.45) is 45.8 Å². The average Bonchev–Trinajstić information content (AvgIpc) is 3.34. The van der Waals surface area contributed by atoms with E-state index in [-0.39, 0.29) is 41.3 Å². The third-order valence-corrected chi connectivity index (χ3v) is 10.5. The van der Waals surface area contributed by atoms with Gasteiger partial charge in [0.2, 0.25) is 0 Å². The Kier molecular flexibility index (Phi) is 5.53. The van der Waals surface area contributed by atoms with E-state index in [0.29, 0.717) is 12.8 Å². The summed E-state index contributed by atoms with van der Waals surface area (Å²) in [7, 11) is 1.21. The molecule has 1 aliphatic heterocycles. The highest BCUT2D eigenvalue weighted by Crippen LogP contribution is 2.69. The molecule has 4 aliphatic rings. The predicted molar refractivity (Wildman–Crippen MR) is 122 cm³/mol. The lowest BCUT2D eigenvalue weighted by molar-refractivity contribution is -0.237. The van der Waals surface area contributed by atoms with Gasteiger partial charge in [-0.3, -0.25) is 9.59 Å². The van der Waals surface area contributed by atoms with Gasteiger partial charge in [0.05, 0.1) is 25.7 Å². The molecule has 1 saturated heterocycles. The van der Waals surface area contributed by atoms with Crippen LogP contribution in [0, 0.1) is 45.8 Å². The van der Waals surface area contributed by atoms with E-state index in [0.717, 1.165) is 12.0 Å². The Morgan fingerprint density at radius 2 is 1.91 bits per heavy atom. The van der Waals surface area contributed by atoms with Crippen molar-refractivity contribution in [3.05, 3.63) is 24.2 Å². The number of furan rings is 1. The highest BCUT2D eigenvalue weighted by molar-refractivity contribution is 5.91. The summed E-state index contributed by atoms with van der Waals surface area (Å²) in [4.78, 5) is 39.3. The molecule has 8 nitrogen and oxygen atoms in total. The van der Waals surface area contributed by atoms with Crippen LogP contribution in [0.5, 0.6) is 0 Å². The van der Waals surface area contributed by atoms with Crippen LogP contribution in [-0.2, 0) is 23.9 Å². The number of ether oxygens (including phenoxy) is 2. The summed E-state index contributed by atoms with van der Waals surface area (Å²) in [6, 6.07) is 1.83. The molecule has 0 amide bonds. The standard InChI is InChI=1S/C27H36O8/c1-25(2)20(19(29)24(32)33-5)27(4)16-6-8-26(3)17(14(16)10-15(21(25)30)22(27)31)11-18(28)35-23(26)13-7-9-34-12-13/h7,9,12,14-17,19-21,23,29-30H,6,8,10-11H2,1-5H3. The van der Waals surface area contributed by atoms with Crippen LogP contribution < -0.4 is 0 Å².